The highest BCUT2D eigenvalue weighted by Crippen LogP contribution is 2.27. The van der Waals surface area contributed by atoms with Crippen LogP contribution in [-0.4, -0.2) is 98.6 Å². The second-order valence-electron chi connectivity index (χ2n) is 10.5. The maximum absolute atomic E-state index is 6.37. The smallest absolute Gasteiger partial charge is 0.417 e. The Kier molecular flexibility index (Phi) is 22.1. The predicted octanol–water partition coefficient (Wildman–Crippen LogP) is 6.14. The van der Waals surface area contributed by atoms with Crippen LogP contribution in [0.4, 0.5) is 0 Å². The van der Waals surface area contributed by atoms with Crippen LogP contribution in [0.5, 0.6) is 0 Å². The molecule has 0 bridgehead atoms. The van der Waals surface area contributed by atoms with Crippen LogP contribution < -0.4 is 0 Å². The quantitative estimate of drug-likeness (QED) is 0.0762. The van der Waals surface area contributed by atoms with E-state index in [1.54, 1.807) is 0 Å². The lowest BCUT2D eigenvalue weighted by atomic mass is 9.88. The van der Waals surface area contributed by atoms with Crippen molar-refractivity contribution in [3.8, 4) is 0 Å². The van der Waals surface area contributed by atoms with Crippen molar-refractivity contribution >= 4 is 25.9 Å². The summed E-state index contributed by atoms with van der Waals surface area (Å²) in [5.74, 6) is 0. The monoisotopic (exact) mass is 614 g/mol. The van der Waals surface area contributed by atoms with Gasteiger partial charge in [0.2, 0.25) is 0 Å². The van der Waals surface area contributed by atoms with E-state index in [0.29, 0.717) is 72.7 Å². The lowest BCUT2D eigenvalue weighted by Gasteiger charge is -2.35. The highest BCUT2D eigenvalue weighted by molar-refractivity contribution is 6.69. The molecule has 0 unspecified atom stereocenters. The molecule has 0 heterocycles. The highest BCUT2D eigenvalue weighted by atomic mass is 28.4. The molecule has 0 atom stereocenters. The van der Waals surface area contributed by atoms with E-state index in [1.807, 2.05) is 41.5 Å². The van der Waals surface area contributed by atoms with E-state index in [-0.39, 0.29) is 5.41 Å². The van der Waals surface area contributed by atoms with E-state index in [9.17, 15) is 0 Å². The average molecular weight is 615 g/mol. The molecule has 0 amide bonds. The van der Waals surface area contributed by atoms with Gasteiger partial charge in [-0.1, -0.05) is 6.92 Å². The van der Waals surface area contributed by atoms with Gasteiger partial charge in [0.05, 0.1) is 13.2 Å². The predicted molar refractivity (Wildman–Crippen MR) is 164 cm³/mol. The van der Waals surface area contributed by atoms with E-state index in [1.165, 1.54) is 0 Å². The fourth-order valence-electron chi connectivity index (χ4n) is 4.16. The summed E-state index contributed by atoms with van der Waals surface area (Å²) >= 11 is 0. The molecule has 0 rings (SSSR count). The van der Waals surface area contributed by atoms with Crippen molar-refractivity contribution in [1.29, 1.82) is 0 Å². The Bertz CT molecular complexity index is 509. The molecule has 0 aliphatic rings. The van der Waals surface area contributed by atoms with Crippen LogP contribution >= 0.6 is 0 Å². The first-order chi connectivity index (χ1) is 18.5. The molecule has 0 fully saturated rings. The summed E-state index contributed by atoms with van der Waals surface area (Å²) < 4.78 is 54.8. The second-order valence-corrected chi connectivity index (χ2v) is 20.5. The summed E-state index contributed by atoms with van der Waals surface area (Å²) in [6.45, 7) is 27.3. The summed E-state index contributed by atoms with van der Waals surface area (Å²) in [5, 5.41) is 0. The fourth-order valence-corrected chi connectivity index (χ4v) is 10.1. The molecule has 0 aliphatic carbocycles. The van der Waals surface area contributed by atoms with Crippen LogP contribution in [0.15, 0.2) is 0 Å². The van der Waals surface area contributed by atoms with Gasteiger partial charge in [0.25, 0.3) is 0 Å². The Hall–Kier alpha value is 0.291. The van der Waals surface area contributed by atoms with Gasteiger partial charge in [0, 0.05) is 77.0 Å². The van der Waals surface area contributed by atoms with Crippen LogP contribution in [0.3, 0.4) is 0 Å². The van der Waals surface area contributed by atoms with E-state index in [0.717, 1.165) is 31.4 Å². The molecule has 0 aliphatic heterocycles. The van der Waals surface area contributed by atoms with E-state index >= 15 is 0 Å². The maximum Gasteiger partial charge on any atom is 0.501 e. The Balaban J connectivity index is 5.05. The van der Waals surface area contributed by atoms with Gasteiger partial charge in [-0.3, -0.25) is 0 Å². The molecule has 12 heteroatoms. The minimum absolute atomic E-state index is 0.206. The van der Waals surface area contributed by atoms with Crippen molar-refractivity contribution in [1.82, 2.24) is 0 Å². The molecular weight excluding hydrogens is 553 g/mol. The molecule has 236 valence electrons. The molecule has 0 saturated carbocycles. The van der Waals surface area contributed by atoms with Gasteiger partial charge in [0.15, 0.2) is 8.32 Å². The third kappa shape index (κ3) is 17.1. The molecule has 0 aromatic heterocycles. The number of hydrogen-bond acceptors (Lipinski definition) is 9. The SMILES string of the molecule is CCO[Si](CCCOCC(CC)(COCCC[Si](OCC)(OCC)OCC)CO[Si](C)(C)C)(OCC)OCC. The number of hydrogen-bond donors (Lipinski definition) is 0. The van der Waals surface area contributed by atoms with E-state index in [4.69, 9.17) is 40.5 Å². The first-order valence-electron chi connectivity index (χ1n) is 15.2. The lowest BCUT2D eigenvalue weighted by molar-refractivity contribution is -0.0501. The summed E-state index contributed by atoms with van der Waals surface area (Å²) in [6, 6.07) is 1.49. The molecule has 0 N–H and O–H groups in total. The molecular formula is C27H62O9Si3. The van der Waals surface area contributed by atoms with Crippen molar-refractivity contribution in [2.24, 2.45) is 5.41 Å². The van der Waals surface area contributed by atoms with Crippen molar-refractivity contribution in [2.45, 2.75) is 99.5 Å². The van der Waals surface area contributed by atoms with E-state index < -0.39 is 25.9 Å². The minimum Gasteiger partial charge on any atom is -0.417 e. The third-order valence-electron chi connectivity index (χ3n) is 6.11. The van der Waals surface area contributed by atoms with Gasteiger partial charge in [-0.25, -0.2) is 0 Å². The van der Waals surface area contributed by atoms with Gasteiger partial charge in [-0.2, -0.15) is 0 Å². The zero-order chi connectivity index (χ0) is 29.7. The summed E-state index contributed by atoms with van der Waals surface area (Å²) in [5.41, 5.74) is -0.206. The fraction of sp³-hybridized carbons (Fsp3) is 1.00. The third-order valence-corrected chi connectivity index (χ3v) is 13.4. The molecule has 9 nitrogen and oxygen atoms in total. The largest absolute Gasteiger partial charge is 0.501 e. The van der Waals surface area contributed by atoms with Crippen molar-refractivity contribution < 1.29 is 40.5 Å². The number of ether oxygens (including phenoxy) is 2. The summed E-state index contributed by atoms with van der Waals surface area (Å²) in [7, 11) is -7.01. The minimum atomic E-state index is -2.66. The Morgan fingerprint density at radius 2 is 0.795 bits per heavy atom. The van der Waals surface area contributed by atoms with Gasteiger partial charge >= 0.3 is 17.6 Å². The summed E-state index contributed by atoms with van der Waals surface area (Å²) in [6.07, 6.45) is 2.55. The molecule has 0 radical (unpaired) electrons. The van der Waals surface area contributed by atoms with Crippen LogP contribution in [0.25, 0.3) is 0 Å². The Morgan fingerprint density at radius 1 is 0.462 bits per heavy atom. The standard InChI is InChI=1S/C27H62O9Si3/c1-11-27(26-36-37(8,9)10,24-28-20-18-22-38(30-12-2,31-13-3)32-14-4)25-29-21-19-23-39(33-15-5,34-16-6)35-17-7/h11-26H2,1-10H3. The molecule has 0 aromatic rings. The van der Waals surface area contributed by atoms with Gasteiger partial charge in [0.1, 0.15) is 0 Å². The lowest BCUT2D eigenvalue weighted by Crippen LogP contribution is -2.46. The molecule has 0 aromatic carbocycles. The van der Waals surface area contributed by atoms with Gasteiger partial charge < -0.3 is 40.5 Å². The van der Waals surface area contributed by atoms with Gasteiger partial charge in [-0.15, -0.1) is 0 Å². The van der Waals surface area contributed by atoms with Crippen LogP contribution in [0.1, 0.15) is 67.7 Å². The Labute approximate surface area is 243 Å². The van der Waals surface area contributed by atoms with E-state index in [2.05, 4.69) is 26.6 Å². The normalized spacial score (nSPS) is 13.4. The maximum atomic E-state index is 6.37. The zero-order valence-electron chi connectivity index (χ0n) is 27.0. The average Bonchev–Trinajstić information content (AvgIpc) is 2.87. The van der Waals surface area contributed by atoms with Gasteiger partial charge in [-0.05, 0) is 80.4 Å². The van der Waals surface area contributed by atoms with Crippen molar-refractivity contribution in [3.05, 3.63) is 0 Å². The zero-order valence-corrected chi connectivity index (χ0v) is 30.0. The number of rotatable bonds is 28. The molecule has 0 spiro atoms. The van der Waals surface area contributed by atoms with Crippen LogP contribution in [0.2, 0.25) is 31.7 Å². The highest BCUT2D eigenvalue weighted by Gasteiger charge is 2.41. The van der Waals surface area contributed by atoms with Crippen molar-refractivity contribution in [3.63, 3.8) is 0 Å². The molecule has 39 heavy (non-hydrogen) atoms. The van der Waals surface area contributed by atoms with Crippen LogP contribution in [-0.2, 0) is 40.5 Å². The van der Waals surface area contributed by atoms with Crippen LogP contribution in [0, 0.1) is 5.41 Å². The molecule has 0 saturated heterocycles. The topological polar surface area (TPSA) is 83.1 Å². The summed E-state index contributed by atoms with van der Waals surface area (Å²) in [4.78, 5) is 0. The second kappa shape index (κ2) is 21.9. The Morgan fingerprint density at radius 3 is 1.05 bits per heavy atom. The first-order valence-corrected chi connectivity index (χ1v) is 22.4. The van der Waals surface area contributed by atoms with Crippen molar-refractivity contribution in [2.75, 3.05) is 72.7 Å². The first kappa shape index (κ1) is 39.3.